The van der Waals surface area contributed by atoms with E-state index in [-0.39, 0.29) is 11.5 Å². The van der Waals surface area contributed by atoms with Gasteiger partial charge in [0.2, 0.25) is 0 Å². The van der Waals surface area contributed by atoms with Crippen molar-refractivity contribution in [3.63, 3.8) is 0 Å². The Bertz CT molecular complexity index is 675. The van der Waals surface area contributed by atoms with Crippen molar-refractivity contribution in [1.29, 1.82) is 0 Å². The molecular weight excluding hydrogens is 390 g/mol. The van der Waals surface area contributed by atoms with Crippen LogP contribution in [0.5, 0.6) is 0 Å². The van der Waals surface area contributed by atoms with Gasteiger partial charge in [0.05, 0.1) is 11.3 Å². The largest absolute Gasteiger partial charge is 0.478 e. The smallest absolute Gasteiger partial charge is 0.339 e. The molecule has 0 aliphatic heterocycles. The summed E-state index contributed by atoms with van der Waals surface area (Å²) < 4.78 is 1.57. The topological polar surface area (TPSA) is 76.0 Å². The number of hydrogen-bond acceptors (Lipinski definition) is 4. The van der Waals surface area contributed by atoms with E-state index in [0.29, 0.717) is 17.2 Å². The molecule has 5 nitrogen and oxygen atoms in total. The normalized spacial score (nSPS) is 10.8. The first-order valence-electron chi connectivity index (χ1n) is 5.81. The molecule has 0 spiro atoms. The molecule has 2 aromatic rings. The van der Waals surface area contributed by atoms with Gasteiger partial charge in [0.25, 0.3) is 0 Å². The molecular formula is C13H11Br2N3O2. The second-order valence-corrected chi connectivity index (χ2v) is 6.21. The highest BCUT2D eigenvalue weighted by atomic mass is 79.9. The fraction of sp³-hybridized carbons (Fsp3) is 0.231. The average molecular weight is 401 g/mol. The van der Waals surface area contributed by atoms with Crippen molar-refractivity contribution in [3.8, 4) is 11.5 Å². The summed E-state index contributed by atoms with van der Waals surface area (Å²) in [4.78, 5) is 23.9. The zero-order valence-electron chi connectivity index (χ0n) is 10.8. The Morgan fingerprint density at radius 2 is 1.95 bits per heavy atom. The van der Waals surface area contributed by atoms with Crippen LogP contribution in [0.15, 0.2) is 27.4 Å². The molecule has 0 atom stereocenters. The Kier molecular flexibility index (Phi) is 4.49. The summed E-state index contributed by atoms with van der Waals surface area (Å²) in [5, 5.41) is 9.16. The van der Waals surface area contributed by atoms with E-state index in [4.69, 9.17) is 5.11 Å². The first-order chi connectivity index (χ1) is 9.40. The van der Waals surface area contributed by atoms with Gasteiger partial charge in [0.15, 0.2) is 5.82 Å². The van der Waals surface area contributed by atoms with Crippen LogP contribution in [0.2, 0.25) is 0 Å². The molecule has 2 heterocycles. The van der Waals surface area contributed by atoms with Crippen LogP contribution in [0.4, 0.5) is 0 Å². The number of pyridine rings is 1. The summed E-state index contributed by atoms with van der Waals surface area (Å²) in [5.41, 5.74) is 1.20. The summed E-state index contributed by atoms with van der Waals surface area (Å²) in [6.07, 6.45) is 2.97. The van der Waals surface area contributed by atoms with Crippen molar-refractivity contribution in [2.24, 2.45) is 0 Å². The monoisotopic (exact) mass is 399 g/mol. The number of carboxylic acids is 1. The van der Waals surface area contributed by atoms with Crippen LogP contribution in [-0.4, -0.2) is 26.0 Å². The summed E-state index contributed by atoms with van der Waals surface area (Å²) >= 11 is 6.73. The van der Waals surface area contributed by atoms with E-state index in [2.05, 4.69) is 46.8 Å². The molecule has 0 saturated carbocycles. The molecule has 104 valence electrons. The fourth-order valence-corrected chi connectivity index (χ4v) is 2.86. The van der Waals surface area contributed by atoms with E-state index in [1.54, 1.807) is 6.20 Å². The highest BCUT2D eigenvalue weighted by molar-refractivity contribution is 9.11. The second-order valence-electron chi connectivity index (χ2n) is 4.44. The summed E-state index contributed by atoms with van der Waals surface area (Å²) in [5.74, 6) is -0.641. The van der Waals surface area contributed by atoms with E-state index >= 15 is 0 Å². The van der Waals surface area contributed by atoms with Crippen LogP contribution in [0.1, 0.15) is 35.8 Å². The third kappa shape index (κ3) is 3.04. The van der Waals surface area contributed by atoms with Crippen molar-refractivity contribution in [3.05, 3.63) is 38.7 Å². The number of carboxylic acid groups (broad SMARTS) is 1. The Morgan fingerprint density at radius 3 is 2.50 bits per heavy atom. The molecule has 0 saturated heterocycles. The van der Waals surface area contributed by atoms with Crippen LogP contribution in [0.25, 0.3) is 11.5 Å². The minimum atomic E-state index is -1.02. The lowest BCUT2D eigenvalue weighted by Crippen LogP contribution is -2.09. The quantitative estimate of drug-likeness (QED) is 0.845. The molecule has 0 aliphatic carbocycles. The van der Waals surface area contributed by atoms with Gasteiger partial charge in [-0.15, -0.1) is 0 Å². The van der Waals surface area contributed by atoms with E-state index in [1.807, 2.05) is 19.9 Å². The number of halogens is 2. The van der Waals surface area contributed by atoms with Gasteiger partial charge in [0.1, 0.15) is 5.69 Å². The van der Waals surface area contributed by atoms with Crippen LogP contribution in [0.3, 0.4) is 0 Å². The van der Waals surface area contributed by atoms with Gasteiger partial charge in [-0.25, -0.2) is 14.8 Å². The predicted octanol–water partition coefficient (Wildman–Crippen LogP) is 3.89. The second kappa shape index (κ2) is 5.97. The molecule has 0 radical (unpaired) electrons. The van der Waals surface area contributed by atoms with Gasteiger partial charge >= 0.3 is 5.97 Å². The lowest BCUT2D eigenvalue weighted by atomic mass is 10.1. The minimum Gasteiger partial charge on any atom is -0.478 e. The maximum Gasteiger partial charge on any atom is 0.339 e. The molecule has 7 heteroatoms. The maximum atomic E-state index is 11.2. The summed E-state index contributed by atoms with van der Waals surface area (Å²) in [6, 6.07) is 1.84. The molecule has 0 amide bonds. The van der Waals surface area contributed by atoms with Crippen molar-refractivity contribution >= 4 is 37.8 Å². The van der Waals surface area contributed by atoms with Crippen LogP contribution in [-0.2, 0) is 0 Å². The highest BCUT2D eigenvalue weighted by Crippen LogP contribution is 2.27. The van der Waals surface area contributed by atoms with Crippen molar-refractivity contribution in [2.45, 2.75) is 19.8 Å². The highest BCUT2D eigenvalue weighted by Gasteiger charge is 2.18. The number of aromatic carboxylic acids is 1. The standard InChI is InChI=1S/C13H11Br2N3O2/c1-6(2)10-8(13(19)20)5-17-12(18-10)11-9(15)3-7(14)4-16-11/h3-6H,1-2H3,(H,19,20). The number of rotatable bonds is 3. The summed E-state index contributed by atoms with van der Waals surface area (Å²) in [6.45, 7) is 3.78. The predicted molar refractivity (Wildman–Crippen MR) is 81.7 cm³/mol. The zero-order chi connectivity index (χ0) is 14.9. The molecule has 0 unspecified atom stereocenters. The first kappa shape index (κ1) is 15.1. The van der Waals surface area contributed by atoms with E-state index in [9.17, 15) is 4.79 Å². The molecule has 0 bridgehead atoms. The van der Waals surface area contributed by atoms with Crippen molar-refractivity contribution < 1.29 is 9.90 Å². The number of carbonyl (C=O) groups is 1. The fourth-order valence-electron chi connectivity index (χ4n) is 1.69. The molecule has 2 rings (SSSR count). The van der Waals surface area contributed by atoms with Crippen LogP contribution in [0, 0.1) is 0 Å². The average Bonchev–Trinajstić information content (AvgIpc) is 2.37. The van der Waals surface area contributed by atoms with Crippen LogP contribution >= 0.6 is 31.9 Å². The SMILES string of the molecule is CC(C)c1nc(-c2ncc(Br)cc2Br)ncc1C(=O)O. The third-order valence-corrected chi connectivity index (χ3v) is 3.65. The molecule has 2 aromatic heterocycles. The Hall–Kier alpha value is -1.34. The molecule has 1 N–H and O–H groups in total. The van der Waals surface area contributed by atoms with E-state index in [1.165, 1.54) is 6.20 Å². The Morgan fingerprint density at radius 1 is 1.25 bits per heavy atom. The van der Waals surface area contributed by atoms with Gasteiger partial charge in [0, 0.05) is 21.3 Å². The third-order valence-electron chi connectivity index (χ3n) is 2.62. The van der Waals surface area contributed by atoms with Gasteiger partial charge in [-0.1, -0.05) is 13.8 Å². The van der Waals surface area contributed by atoms with Crippen molar-refractivity contribution in [1.82, 2.24) is 15.0 Å². The lowest BCUT2D eigenvalue weighted by Gasteiger charge is -2.10. The summed E-state index contributed by atoms with van der Waals surface area (Å²) in [7, 11) is 0. The zero-order valence-corrected chi connectivity index (χ0v) is 13.9. The minimum absolute atomic E-state index is 0.0166. The van der Waals surface area contributed by atoms with Gasteiger partial charge in [-0.3, -0.25) is 4.98 Å². The first-order valence-corrected chi connectivity index (χ1v) is 7.40. The van der Waals surface area contributed by atoms with Crippen molar-refractivity contribution in [2.75, 3.05) is 0 Å². The molecule has 0 aromatic carbocycles. The number of aromatic nitrogens is 3. The molecule has 0 aliphatic rings. The number of hydrogen-bond donors (Lipinski definition) is 1. The van der Waals surface area contributed by atoms with Gasteiger partial charge < -0.3 is 5.11 Å². The number of nitrogens with zero attached hydrogens (tertiary/aromatic N) is 3. The molecule has 0 fully saturated rings. The molecule has 20 heavy (non-hydrogen) atoms. The Labute approximate surface area is 132 Å². The van der Waals surface area contributed by atoms with E-state index < -0.39 is 5.97 Å². The lowest BCUT2D eigenvalue weighted by molar-refractivity contribution is 0.0694. The van der Waals surface area contributed by atoms with Crippen LogP contribution < -0.4 is 0 Å². The van der Waals surface area contributed by atoms with E-state index in [0.717, 1.165) is 8.95 Å². The Balaban J connectivity index is 2.59. The maximum absolute atomic E-state index is 11.2. The van der Waals surface area contributed by atoms with Gasteiger partial charge in [-0.05, 0) is 43.8 Å². The van der Waals surface area contributed by atoms with Gasteiger partial charge in [-0.2, -0.15) is 0 Å².